The summed E-state index contributed by atoms with van der Waals surface area (Å²) in [6.45, 7) is 4.52. The number of hydrogen-bond donors (Lipinski definition) is 1. The van der Waals surface area contributed by atoms with Gasteiger partial charge in [0.25, 0.3) is 0 Å². The molecule has 0 saturated carbocycles. The van der Waals surface area contributed by atoms with Crippen LogP contribution in [0.15, 0.2) is 53.5 Å². The number of methoxy groups -OCH3 is 1. The highest BCUT2D eigenvalue weighted by molar-refractivity contribution is 8.15. The minimum Gasteiger partial charge on any atom is -0.497 e. The zero-order valence-electron chi connectivity index (χ0n) is 16.8. The van der Waals surface area contributed by atoms with Crippen LogP contribution >= 0.6 is 11.8 Å². The summed E-state index contributed by atoms with van der Waals surface area (Å²) in [7, 11) is 1.59. The maximum atomic E-state index is 12.8. The molecule has 0 radical (unpaired) electrons. The summed E-state index contributed by atoms with van der Waals surface area (Å²) in [6.07, 6.45) is 0.964. The van der Waals surface area contributed by atoms with Crippen molar-refractivity contribution in [1.82, 2.24) is 4.90 Å². The highest BCUT2D eigenvalue weighted by atomic mass is 32.2. The Balaban J connectivity index is 1.71. The predicted octanol–water partition coefficient (Wildman–Crippen LogP) is 4.24. The largest absolute Gasteiger partial charge is 0.497 e. The molecular formula is C22H25N3O3S. The lowest BCUT2D eigenvalue weighted by molar-refractivity contribution is -0.128. The van der Waals surface area contributed by atoms with E-state index >= 15 is 0 Å². The summed E-state index contributed by atoms with van der Waals surface area (Å²) in [5.41, 5.74) is 2.67. The zero-order valence-corrected chi connectivity index (χ0v) is 17.7. The minimum atomic E-state index is -0.472. The van der Waals surface area contributed by atoms with Crippen LogP contribution < -0.4 is 10.1 Å². The molecule has 1 fully saturated rings. The number of nitrogens with one attached hydrogen (secondary N) is 1. The normalized spacial score (nSPS) is 17.6. The van der Waals surface area contributed by atoms with Crippen LogP contribution in [0.1, 0.15) is 25.8 Å². The molecule has 0 bridgehead atoms. The van der Waals surface area contributed by atoms with Crippen molar-refractivity contribution in [1.29, 1.82) is 0 Å². The summed E-state index contributed by atoms with van der Waals surface area (Å²) in [5, 5.41) is 3.02. The van der Waals surface area contributed by atoms with Crippen molar-refractivity contribution >= 4 is 40.1 Å². The Morgan fingerprint density at radius 3 is 2.55 bits per heavy atom. The first-order valence-electron chi connectivity index (χ1n) is 9.64. The van der Waals surface area contributed by atoms with Crippen LogP contribution in [0.25, 0.3) is 0 Å². The Hall–Kier alpha value is -2.80. The van der Waals surface area contributed by atoms with Crippen molar-refractivity contribution in [2.24, 2.45) is 4.99 Å². The Bertz CT molecular complexity index is 912. The lowest BCUT2D eigenvalue weighted by Crippen LogP contribution is -2.33. The van der Waals surface area contributed by atoms with E-state index in [1.807, 2.05) is 31.2 Å². The van der Waals surface area contributed by atoms with Gasteiger partial charge in [-0.25, -0.2) is 4.99 Å². The van der Waals surface area contributed by atoms with E-state index in [-0.39, 0.29) is 18.2 Å². The van der Waals surface area contributed by atoms with Crippen LogP contribution in [0.5, 0.6) is 5.75 Å². The number of para-hydroxylation sites is 1. The number of amides is 2. The highest BCUT2D eigenvalue weighted by Crippen LogP contribution is 2.32. The van der Waals surface area contributed by atoms with E-state index in [0.29, 0.717) is 17.4 Å². The van der Waals surface area contributed by atoms with Gasteiger partial charge < -0.3 is 10.1 Å². The lowest BCUT2D eigenvalue weighted by atomic mass is 10.1. The molecule has 6 nitrogen and oxygen atoms in total. The highest BCUT2D eigenvalue weighted by Gasteiger charge is 2.38. The van der Waals surface area contributed by atoms with Gasteiger partial charge in [0, 0.05) is 18.7 Å². The van der Waals surface area contributed by atoms with Crippen molar-refractivity contribution in [2.75, 3.05) is 19.0 Å². The van der Waals surface area contributed by atoms with Gasteiger partial charge in [-0.05, 0) is 49.2 Å². The third-order valence-corrected chi connectivity index (χ3v) is 5.84. The van der Waals surface area contributed by atoms with Gasteiger partial charge in [0.15, 0.2) is 5.17 Å². The second-order valence-corrected chi connectivity index (χ2v) is 7.72. The van der Waals surface area contributed by atoms with Crippen LogP contribution in [0, 0.1) is 0 Å². The summed E-state index contributed by atoms with van der Waals surface area (Å²) >= 11 is 1.36. The number of benzene rings is 2. The second-order valence-electron chi connectivity index (χ2n) is 6.55. The molecule has 1 N–H and O–H groups in total. The number of aliphatic imine (C=N–C) groups is 1. The standard InChI is InChI=1S/C22H25N3O3S/c1-4-15-8-6-7-9-18(15)24-22-25(5-2)21(27)19(29-22)14-20(26)23-16-10-12-17(28-3)13-11-16/h6-13,19H,4-5,14H2,1-3H3,(H,23,26). The molecule has 2 aromatic carbocycles. The Labute approximate surface area is 175 Å². The van der Waals surface area contributed by atoms with E-state index in [1.165, 1.54) is 11.8 Å². The predicted molar refractivity (Wildman–Crippen MR) is 118 cm³/mol. The quantitative estimate of drug-likeness (QED) is 0.740. The summed E-state index contributed by atoms with van der Waals surface area (Å²) in [4.78, 5) is 31.6. The molecule has 0 aliphatic carbocycles. The van der Waals surface area contributed by atoms with Gasteiger partial charge in [0.05, 0.1) is 12.8 Å². The molecule has 3 rings (SSSR count). The van der Waals surface area contributed by atoms with Crippen molar-refractivity contribution < 1.29 is 14.3 Å². The molecular weight excluding hydrogens is 386 g/mol. The third kappa shape index (κ3) is 4.98. The fourth-order valence-corrected chi connectivity index (χ4v) is 4.31. The van der Waals surface area contributed by atoms with Gasteiger partial charge in [-0.1, -0.05) is 36.9 Å². The number of rotatable bonds is 7. The number of carbonyl (C=O) groups is 2. The molecule has 152 valence electrons. The van der Waals surface area contributed by atoms with E-state index in [1.54, 1.807) is 36.3 Å². The number of anilines is 1. The van der Waals surface area contributed by atoms with Gasteiger partial charge in [-0.15, -0.1) is 0 Å². The molecule has 1 aliphatic heterocycles. The molecule has 1 aliphatic rings. The fourth-order valence-electron chi connectivity index (χ4n) is 3.09. The number of nitrogens with zero attached hydrogens (tertiary/aromatic N) is 2. The fraction of sp³-hybridized carbons (Fsp3) is 0.318. The van der Waals surface area contributed by atoms with Crippen LogP contribution in [-0.4, -0.2) is 40.8 Å². The Kier molecular flexibility index (Phi) is 6.93. The van der Waals surface area contributed by atoms with Gasteiger partial charge >= 0.3 is 0 Å². The summed E-state index contributed by atoms with van der Waals surface area (Å²) in [5.74, 6) is 0.443. The van der Waals surface area contributed by atoms with Crippen molar-refractivity contribution in [3.63, 3.8) is 0 Å². The SMILES string of the molecule is CCc1ccccc1N=C1SC(CC(=O)Nc2ccc(OC)cc2)C(=O)N1CC. The maximum absolute atomic E-state index is 12.8. The Morgan fingerprint density at radius 2 is 1.90 bits per heavy atom. The van der Waals surface area contributed by atoms with E-state index in [0.717, 1.165) is 23.4 Å². The Morgan fingerprint density at radius 1 is 1.17 bits per heavy atom. The lowest BCUT2D eigenvalue weighted by Gasteiger charge is -2.14. The van der Waals surface area contributed by atoms with Gasteiger partial charge in [0.2, 0.25) is 11.8 Å². The first-order chi connectivity index (χ1) is 14.0. The first-order valence-corrected chi connectivity index (χ1v) is 10.5. The molecule has 2 aromatic rings. The summed E-state index contributed by atoms with van der Waals surface area (Å²) < 4.78 is 5.12. The average Bonchev–Trinajstić information content (AvgIpc) is 3.02. The first kappa shape index (κ1) is 20.9. The number of amidine groups is 1. The maximum Gasteiger partial charge on any atom is 0.242 e. The van der Waals surface area contributed by atoms with Crippen molar-refractivity contribution in [2.45, 2.75) is 31.9 Å². The molecule has 29 heavy (non-hydrogen) atoms. The molecule has 1 heterocycles. The zero-order chi connectivity index (χ0) is 20.8. The molecule has 1 atom stereocenters. The molecule has 1 unspecified atom stereocenters. The van der Waals surface area contributed by atoms with Crippen LogP contribution in [-0.2, 0) is 16.0 Å². The number of thioether (sulfide) groups is 1. The molecule has 0 aromatic heterocycles. The molecule has 0 spiro atoms. The van der Waals surface area contributed by atoms with Gasteiger partial charge in [-0.3, -0.25) is 14.5 Å². The third-order valence-electron chi connectivity index (χ3n) is 4.67. The molecule has 2 amide bonds. The van der Waals surface area contributed by atoms with Gasteiger partial charge in [0.1, 0.15) is 11.0 Å². The molecule has 1 saturated heterocycles. The number of carbonyl (C=O) groups excluding carboxylic acids is 2. The monoisotopic (exact) mass is 411 g/mol. The smallest absolute Gasteiger partial charge is 0.242 e. The van der Waals surface area contributed by atoms with Crippen molar-refractivity contribution in [3.05, 3.63) is 54.1 Å². The van der Waals surface area contributed by atoms with E-state index in [9.17, 15) is 9.59 Å². The van der Waals surface area contributed by atoms with E-state index in [4.69, 9.17) is 9.73 Å². The number of ether oxygens (including phenoxy) is 1. The number of hydrogen-bond acceptors (Lipinski definition) is 5. The van der Waals surface area contributed by atoms with E-state index < -0.39 is 5.25 Å². The summed E-state index contributed by atoms with van der Waals surface area (Å²) in [6, 6.07) is 15.0. The van der Waals surface area contributed by atoms with E-state index in [2.05, 4.69) is 12.2 Å². The van der Waals surface area contributed by atoms with Crippen LogP contribution in [0.2, 0.25) is 0 Å². The average molecular weight is 412 g/mol. The van der Waals surface area contributed by atoms with Crippen LogP contribution in [0.3, 0.4) is 0 Å². The molecule has 7 heteroatoms. The van der Waals surface area contributed by atoms with Crippen LogP contribution in [0.4, 0.5) is 11.4 Å². The second kappa shape index (κ2) is 9.60. The topological polar surface area (TPSA) is 71.0 Å². The van der Waals surface area contributed by atoms with Crippen molar-refractivity contribution in [3.8, 4) is 5.75 Å². The minimum absolute atomic E-state index is 0.0740. The van der Waals surface area contributed by atoms with Gasteiger partial charge in [-0.2, -0.15) is 0 Å². The number of aryl methyl sites for hydroxylation is 1.